The highest BCUT2D eigenvalue weighted by molar-refractivity contribution is 5.83. The second-order valence-corrected chi connectivity index (χ2v) is 3.92. The largest absolute Gasteiger partial charge is 0.467 e. The third-order valence-electron chi connectivity index (χ3n) is 2.51. The first-order valence-corrected chi connectivity index (χ1v) is 5.20. The molecule has 1 amide bonds. The smallest absolute Gasteiger partial charge is 0.331 e. The molecule has 1 aromatic rings. The molecule has 18 heavy (non-hydrogen) atoms. The van der Waals surface area contributed by atoms with Gasteiger partial charge in [-0.1, -0.05) is 0 Å². The number of hydrogen-bond donors (Lipinski definition) is 1. The van der Waals surface area contributed by atoms with Gasteiger partial charge in [-0.25, -0.2) is 9.78 Å². The highest BCUT2D eigenvalue weighted by Crippen LogP contribution is 2.15. The molecule has 0 radical (unpaired) electrons. The van der Waals surface area contributed by atoms with Crippen LogP contribution in [0.1, 0.15) is 18.2 Å². The SMILES string of the molecule is COC(=O)[C@](C)(Cc1ccnc(C#N)c1)NC=O. The molecule has 0 aliphatic heterocycles. The first-order valence-electron chi connectivity index (χ1n) is 5.20. The number of nitriles is 1. The summed E-state index contributed by atoms with van der Waals surface area (Å²) in [5, 5.41) is 11.2. The molecule has 6 heteroatoms. The number of pyridine rings is 1. The van der Waals surface area contributed by atoms with Crippen molar-refractivity contribution in [3.63, 3.8) is 0 Å². The fourth-order valence-electron chi connectivity index (χ4n) is 1.59. The number of hydrogen-bond acceptors (Lipinski definition) is 5. The Kier molecular flexibility index (Phi) is 4.38. The normalized spacial score (nSPS) is 12.9. The maximum absolute atomic E-state index is 11.7. The van der Waals surface area contributed by atoms with E-state index in [1.54, 1.807) is 19.1 Å². The summed E-state index contributed by atoms with van der Waals surface area (Å²) in [6.45, 7) is 1.56. The Balaban J connectivity index is 2.99. The fraction of sp³-hybridized carbons (Fsp3) is 0.333. The minimum atomic E-state index is -1.16. The van der Waals surface area contributed by atoms with Gasteiger partial charge < -0.3 is 10.1 Å². The summed E-state index contributed by atoms with van der Waals surface area (Å²) in [6.07, 6.45) is 2.14. The van der Waals surface area contributed by atoms with Gasteiger partial charge in [-0.15, -0.1) is 0 Å². The Morgan fingerprint density at radius 2 is 2.44 bits per heavy atom. The van der Waals surface area contributed by atoms with Crippen LogP contribution in [-0.4, -0.2) is 30.0 Å². The molecule has 0 aliphatic rings. The third-order valence-corrected chi connectivity index (χ3v) is 2.51. The van der Waals surface area contributed by atoms with Gasteiger partial charge in [0.15, 0.2) is 0 Å². The summed E-state index contributed by atoms with van der Waals surface area (Å²) >= 11 is 0. The molecule has 1 aromatic heterocycles. The summed E-state index contributed by atoms with van der Waals surface area (Å²) < 4.78 is 4.66. The van der Waals surface area contributed by atoms with Crippen LogP contribution in [0.25, 0.3) is 0 Å². The Hall–Kier alpha value is -2.42. The quantitative estimate of drug-likeness (QED) is 0.591. The lowest BCUT2D eigenvalue weighted by Crippen LogP contribution is -2.51. The summed E-state index contributed by atoms with van der Waals surface area (Å²) in [6, 6.07) is 5.15. The van der Waals surface area contributed by atoms with Gasteiger partial charge in [-0.05, 0) is 24.6 Å². The Morgan fingerprint density at radius 1 is 1.72 bits per heavy atom. The summed E-state index contributed by atoms with van der Waals surface area (Å²) in [5.74, 6) is -0.551. The predicted octanol–water partition coefficient (Wildman–Crippen LogP) is 0.173. The zero-order chi connectivity index (χ0) is 13.6. The average molecular weight is 247 g/mol. The second-order valence-electron chi connectivity index (χ2n) is 3.92. The molecule has 1 rings (SSSR count). The molecular weight excluding hydrogens is 234 g/mol. The minimum absolute atomic E-state index is 0.218. The van der Waals surface area contributed by atoms with Crippen molar-refractivity contribution in [3.8, 4) is 6.07 Å². The van der Waals surface area contributed by atoms with Crippen molar-refractivity contribution in [2.75, 3.05) is 7.11 Å². The maximum Gasteiger partial charge on any atom is 0.331 e. The van der Waals surface area contributed by atoms with E-state index < -0.39 is 11.5 Å². The van der Waals surface area contributed by atoms with E-state index in [0.29, 0.717) is 12.0 Å². The van der Waals surface area contributed by atoms with Crippen LogP contribution in [0.5, 0.6) is 0 Å². The number of carbonyl (C=O) groups is 2. The molecule has 0 aliphatic carbocycles. The van der Waals surface area contributed by atoms with Gasteiger partial charge in [0.25, 0.3) is 0 Å². The number of aromatic nitrogens is 1. The van der Waals surface area contributed by atoms with Gasteiger partial charge in [-0.3, -0.25) is 4.79 Å². The molecule has 1 N–H and O–H groups in total. The van der Waals surface area contributed by atoms with Crippen LogP contribution in [0, 0.1) is 11.3 Å². The second kappa shape index (κ2) is 5.77. The highest BCUT2D eigenvalue weighted by atomic mass is 16.5. The molecule has 0 spiro atoms. The van der Waals surface area contributed by atoms with Crippen LogP contribution < -0.4 is 5.32 Å². The van der Waals surface area contributed by atoms with Crippen molar-refractivity contribution < 1.29 is 14.3 Å². The fourth-order valence-corrected chi connectivity index (χ4v) is 1.59. The van der Waals surface area contributed by atoms with E-state index in [9.17, 15) is 9.59 Å². The van der Waals surface area contributed by atoms with Crippen LogP contribution >= 0.6 is 0 Å². The van der Waals surface area contributed by atoms with Gasteiger partial charge in [0.2, 0.25) is 6.41 Å². The van der Waals surface area contributed by atoms with E-state index in [2.05, 4.69) is 15.0 Å². The van der Waals surface area contributed by atoms with Crippen LogP contribution in [0.2, 0.25) is 0 Å². The van der Waals surface area contributed by atoms with Crippen LogP contribution in [-0.2, 0) is 20.7 Å². The van der Waals surface area contributed by atoms with E-state index in [1.165, 1.54) is 13.3 Å². The van der Waals surface area contributed by atoms with Crippen LogP contribution in [0.3, 0.4) is 0 Å². The van der Waals surface area contributed by atoms with E-state index in [-0.39, 0.29) is 12.1 Å². The lowest BCUT2D eigenvalue weighted by Gasteiger charge is -2.25. The number of nitrogens with zero attached hydrogens (tertiary/aromatic N) is 2. The molecule has 1 heterocycles. The summed E-state index contributed by atoms with van der Waals surface area (Å²) in [4.78, 5) is 26.1. The minimum Gasteiger partial charge on any atom is -0.467 e. The van der Waals surface area contributed by atoms with Crippen molar-refractivity contribution in [1.29, 1.82) is 5.26 Å². The highest BCUT2D eigenvalue weighted by Gasteiger charge is 2.34. The van der Waals surface area contributed by atoms with Gasteiger partial charge in [0.1, 0.15) is 17.3 Å². The number of methoxy groups -OCH3 is 1. The monoisotopic (exact) mass is 247 g/mol. The van der Waals surface area contributed by atoms with Crippen molar-refractivity contribution in [2.45, 2.75) is 18.9 Å². The van der Waals surface area contributed by atoms with E-state index in [0.717, 1.165) is 0 Å². The van der Waals surface area contributed by atoms with Gasteiger partial charge in [0.05, 0.1) is 7.11 Å². The molecule has 0 saturated heterocycles. The topological polar surface area (TPSA) is 92.1 Å². The number of carbonyl (C=O) groups excluding carboxylic acids is 2. The molecule has 6 nitrogen and oxygen atoms in total. The number of nitrogens with one attached hydrogen (secondary N) is 1. The lowest BCUT2D eigenvalue weighted by molar-refractivity contribution is -0.148. The molecule has 0 aromatic carbocycles. The van der Waals surface area contributed by atoms with Crippen molar-refractivity contribution in [2.24, 2.45) is 0 Å². The Labute approximate surface area is 105 Å². The van der Waals surface area contributed by atoms with Gasteiger partial charge in [0, 0.05) is 12.6 Å². The van der Waals surface area contributed by atoms with Gasteiger partial charge >= 0.3 is 5.97 Å². The number of amides is 1. The maximum atomic E-state index is 11.7. The third kappa shape index (κ3) is 3.04. The zero-order valence-corrected chi connectivity index (χ0v) is 10.1. The van der Waals surface area contributed by atoms with E-state index in [4.69, 9.17) is 5.26 Å². The van der Waals surface area contributed by atoms with Crippen molar-refractivity contribution >= 4 is 12.4 Å². The molecular formula is C12H13N3O3. The van der Waals surface area contributed by atoms with Crippen LogP contribution in [0.15, 0.2) is 18.3 Å². The van der Waals surface area contributed by atoms with E-state index in [1.807, 2.05) is 6.07 Å². The predicted molar refractivity (Wildman–Crippen MR) is 62.3 cm³/mol. The van der Waals surface area contributed by atoms with Crippen molar-refractivity contribution in [1.82, 2.24) is 10.3 Å². The summed E-state index contributed by atoms with van der Waals surface area (Å²) in [7, 11) is 1.25. The Morgan fingerprint density at radius 3 is 3.00 bits per heavy atom. The number of ether oxygens (including phenoxy) is 1. The van der Waals surface area contributed by atoms with Crippen molar-refractivity contribution in [3.05, 3.63) is 29.6 Å². The number of esters is 1. The molecule has 0 bridgehead atoms. The average Bonchev–Trinajstić information content (AvgIpc) is 2.38. The first-order chi connectivity index (χ1) is 8.55. The molecule has 0 unspecified atom stereocenters. The molecule has 0 fully saturated rings. The zero-order valence-electron chi connectivity index (χ0n) is 10.1. The van der Waals surface area contributed by atoms with Crippen LogP contribution in [0.4, 0.5) is 0 Å². The lowest BCUT2D eigenvalue weighted by atomic mass is 9.93. The number of rotatable bonds is 5. The molecule has 94 valence electrons. The van der Waals surface area contributed by atoms with Gasteiger partial charge in [-0.2, -0.15) is 5.26 Å². The first kappa shape index (κ1) is 13.6. The molecule has 1 atom stereocenters. The van der Waals surface area contributed by atoms with E-state index >= 15 is 0 Å². The standard InChI is InChI=1S/C12H13N3O3/c1-12(15-8-16,11(17)18-2)6-9-3-4-14-10(5-9)7-13/h3-5,8H,6H2,1-2H3,(H,15,16)/t12-/m0/s1. The summed E-state index contributed by atoms with van der Waals surface area (Å²) in [5.41, 5.74) is -0.195. The Bertz CT molecular complexity index is 496. The molecule has 0 saturated carbocycles.